The molecule has 2 N–H and O–H groups in total. The molecule has 9 nitrogen and oxygen atoms in total. The highest BCUT2D eigenvalue weighted by Crippen LogP contribution is 2.28. The number of imidazole rings is 1. The average molecular weight is 546 g/mol. The van der Waals surface area contributed by atoms with Crippen LogP contribution in [-0.2, 0) is 10.8 Å². The maximum atomic E-state index is 13.6. The number of carbonyl (C=O) groups excluding carboxylic acids is 1. The maximum Gasteiger partial charge on any atom is 0.407 e. The quantitative estimate of drug-likeness (QED) is 0.327. The summed E-state index contributed by atoms with van der Waals surface area (Å²) in [7, 11) is -1.62. The van der Waals surface area contributed by atoms with Crippen LogP contribution in [0.1, 0.15) is 44.0 Å². The van der Waals surface area contributed by atoms with Gasteiger partial charge in [0.05, 0.1) is 28.4 Å². The summed E-state index contributed by atoms with van der Waals surface area (Å²) in [4.78, 5) is 34.8. The van der Waals surface area contributed by atoms with Crippen LogP contribution in [0.25, 0.3) is 28.2 Å². The lowest BCUT2D eigenvalue weighted by Gasteiger charge is -2.32. The molecule has 10 heteroatoms. The van der Waals surface area contributed by atoms with Crippen molar-refractivity contribution < 1.29 is 18.9 Å². The van der Waals surface area contributed by atoms with E-state index in [9.17, 15) is 18.9 Å². The molecule has 0 radical (unpaired) electrons. The lowest BCUT2D eigenvalue weighted by Crippen LogP contribution is -2.46. The van der Waals surface area contributed by atoms with Gasteiger partial charge in [-0.2, -0.15) is 0 Å². The summed E-state index contributed by atoms with van der Waals surface area (Å²) < 4.78 is 15.4. The molecule has 1 atom stereocenters. The Morgan fingerprint density at radius 1 is 1.08 bits per heavy atom. The zero-order chi connectivity index (χ0) is 27.7. The Balaban J connectivity index is 1.52. The van der Waals surface area contributed by atoms with Crippen LogP contribution in [0, 0.1) is 0 Å². The number of carbonyl (C=O) groups is 2. The smallest absolute Gasteiger partial charge is 0.407 e. The van der Waals surface area contributed by atoms with Crippen molar-refractivity contribution in [3.05, 3.63) is 72.6 Å². The minimum atomic E-state index is -1.62. The lowest BCUT2D eigenvalue weighted by atomic mass is 10.1. The second-order valence-electron chi connectivity index (χ2n) is 10.6. The zero-order valence-electron chi connectivity index (χ0n) is 22.1. The van der Waals surface area contributed by atoms with E-state index in [4.69, 9.17) is 4.98 Å². The first-order valence-corrected chi connectivity index (χ1v) is 14.2. The molecule has 5 rings (SSSR count). The van der Waals surface area contributed by atoms with Crippen molar-refractivity contribution >= 4 is 28.4 Å². The predicted molar refractivity (Wildman–Crippen MR) is 150 cm³/mol. The van der Waals surface area contributed by atoms with Crippen LogP contribution in [0.5, 0.6) is 0 Å². The maximum absolute atomic E-state index is 13.6. The Morgan fingerprint density at radius 3 is 2.38 bits per heavy atom. The van der Waals surface area contributed by atoms with E-state index in [-0.39, 0.29) is 24.2 Å². The standard InChI is InChI=1S/C29H31N5O4S/c1-29(2,3)34(28(36)37)15-16-39(38)27-25-30-17-24(33(25)18-23(32-27)19-7-5-4-6-8-19)20-9-11-21(12-10-20)26(35)31-22-13-14-22/h4-12,17-18,22H,13-16H2,1-3H3,(H,31,35)(H,36,37). The first-order chi connectivity index (χ1) is 18.6. The highest BCUT2D eigenvalue weighted by Gasteiger charge is 2.28. The fraction of sp³-hybridized carbons (Fsp3) is 0.310. The normalized spacial score (nSPS) is 14.2. The van der Waals surface area contributed by atoms with E-state index in [1.807, 2.05) is 53.1 Å². The average Bonchev–Trinajstić information content (AvgIpc) is 3.62. The third kappa shape index (κ3) is 5.85. The summed E-state index contributed by atoms with van der Waals surface area (Å²) in [5, 5.41) is 12.9. The van der Waals surface area contributed by atoms with Gasteiger partial charge >= 0.3 is 6.09 Å². The number of amides is 2. The molecule has 1 unspecified atom stereocenters. The summed E-state index contributed by atoms with van der Waals surface area (Å²) in [5.74, 6) is -0.00149. The molecule has 202 valence electrons. The summed E-state index contributed by atoms with van der Waals surface area (Å²) in [6.45, 7) is 5.50. The molecule has 0 spiro atoms. The van der Waals surface area contributed by atoms with Gasteiger partial charge in [0.2, 0.25) is 0 Å². The number of fused-ring (bicyclic) bond motifs is 1. The van der Waals surface area contributed by atoms with Crippen LogP contribution in [0.3, 0.4) is 0 Å². The molecule has 2 heterocycles. The molecule has 1 saturated carbocycles. The van der Waals surface area contributed by atoms with Crippen LogP contribution in [0.4, 0.5) is 4.79 Å². The Kier molecular flexibility index (Phi) is 7.22. The van der Waals surface area contributed by atoms with Gasteiger partial charge in [-0.15, -0.1) is 0 Å². The first-order valence-electron chi connectivity index (χ1n) is 12.9. The van der Waals surface area contributed by atoms with Crippen LogP contribution in [-0.4, -0.2) is 64.5 Å². The van der Waals surface area contributed by atoms with Crippen molar-refractivity contribution in [2.24, 2.45) is 0 Å². The van der Waals surface area contributed by atoms with Crippen LogP contribution in [0.15, 0.2) is 72.0 Å². The van der Waals surface area contributed by atoms with Gasteiger partial charge in [-0.25, -0.2) is 14.8 Å². The minimum Gasteiger partial charge on any atom is -0.465 e. The second kappa shape index (κ2) is 10.6. The first kappa shape index (κ1) is 26.6. The molecule has 2 aromatic heterocycles. The Bertz CT molecular complexity index is 1540. The SMILES string of the molecule is CC(C)(C)N(CCS(=O)c1nc(-c2ccccc2)cn2c(-c3ccc(C(=O)NC4CC4)cc3)cnc12)C(=O)O. The number of benzene rings is 2. The van der Waals surface area contributed by atoms with E-state index in [0.717, 1.165) is 29.7 Å². The summed E-state index contributed by atoms with van der Waals surface area (Å²) >= 11 is 0. The molecule has 4 aromatic rings. The van der Waals surface area contributed by atoms with Gasteiger partial charge in [0.25, 0.3) is 5.91 Å². The van der Waals surface area contributed by atoms with Gasteiger partial charge in [-0.05, 0) is 45.7 Å². The molecule has 0 saturated heterocycles. The van der Waals surface area contributed by atoms with Gasteiger partial charge in [-0.1, -0.05) is 42.5 Å². The molecule has 1 aliphatic carbocycles. The number of rotatable bonds is 8. The van der Waals surface area contributed by atoms with Gasteiger partial charge < -0.3 is 15.3 Å². The van der Waals surface area contributed by atoms with Crippen LogP contribution in [0.2, 0.25) is 0 Å². The molecule has 1 aliphatic rings. The number of hydrogen-bond acceptors (Lipinski definition) is 5. The minimum absolute atomic E-state index is 0.0808. The third-order valence-corrected chi connectivity index (χ3v) is 7.90. The predicted octanol–water partition coefficient (Wildman–Crippen LogP) is 4.84. The summed E-state index contributed by atoms with van der Waals surface area (Å²) in [5.41, 5.74) is 3.48. The Labute approximate surface area is 229 Å². The van der Waals surface area contributed by atoms with Crippen molar-refractivity contribution in [2.75, 3.05) is 12.3 Å². The highest BCUT2D eigenvalue weighted by atomic mass is 32.2. The van der Waals surface area contributed by atoms with Crippen molar-refractivity contribution in [1.29, 1.82) is 0 Å². The molecule has 0 aliphatic heterocycles. The fourth-order valence-corrected chi connectivity index (χ4v) is 5.45. The van der Waals surface area contributed by atoms with Crippen molar-refractivity contribution in [3.63, 3.8) is 0 Å². The number of carboxylic acid groups (broad SMARTS) is 1. The van der Waals surface area contributed by atoms with Crippen molar-refractivity contribution in [1.82, 2.24) is 24.6 Å². The topological polar surface area (TPSA) is 117 Å². The van der Waals surface area contributed by atoms with Gasteiger partial charge in [0.15, 0.2) is 10.7 Å². The lowest BCUT2D eigenvalue weighted by molar-refractivity contribution is 0.0950. The molecule has 0 bridgehead atoms. The molecular formula is C29H31N5O4S. The molecule has 2 amide bonds. The van der Waals surface area contributed by atoms with Gasteiger partial charge in [-0.3, -0.25) is 13.4 Å². The van der Waals surface area contributed by atoms with Crippen LogP contribution < -0.4 is 5.32 Å². The second-order valence-corrected chi connectivity index (χ2v) is 12.1. The van der Waals surface area contributed by atoms with Gasteiger partial charge in [0, 0.05) is 46.8 Å². The Morgan fingerprint density at radius 2 is 1.77 bits per heavy atom. The third-order valence-electron chi connectivity index (χ3n) is 6.64. The number of hydrogen-bond donors (Lipinski definition) is 2. The summed E-state index contributed by atoms with van der Waals surface area (Å²) in [6.07, 6.45) is 4.55. The molecule has 1 fully saturated rings. The van der Waals surface area contributed by atoms with E-state index in [1.54, 1.807) is 39.1 Å². The molecule has 2 aromatic carbocycles. The van der Waals surface area contributed by atoms with E-state index >= 15 is 0 Å². The summed E-state index contributed by atoms with van der Waals surface area (Å²) in [6, 6.07) is 17.2. The fourth-order valence-electron chi connectivity index (χ4n) is 4.35. The van der Waals surface area contributed by atoms with E-state index < -0.39 is 22.4 Å². The van der Waals surface area contributed by atoms with Crippen molar-refractivity contribution in [3.8, 4) is 22.5 Å². The number of aromatic nitrogens is 3. The Hall–Kier alpha value is -4.05. The number of nitrogens with one attached hydrogen (secondary N) is 1. The molecular weight excluding hydrogens is 514 g/mol. The molecule has 39 heavy (non-hydrogen) atoms. The zero-order valence-corrected chi connectivity index (χ0v) is 22.9. The van der Waals surface area contributed by atoms with Crippen LogP contribution >= 0.6 is 0 Å². The largest absolute Gasteiger partial charge is 0.465 e. The monoisotopic (exact) mass is 545 g/mol. The van der Waals surface area contributed by atoms with E-state index in [2.05, 4.69) is 10.3 Å². The highest BCUT2D eigenvalue weighted by molar-refractivity contribution is 7.85. The number of nitrogens with zero attached hydrogens (tertiary/aromatic N) is 4. The van der Waals surface area contributed by atoms with Crippen molar-refractivity contribution in [2.45, 2.75) is 50.2 Å². The van der Waals surface area contributed by atoms with E-state index in [0.29, 0.717) is 21.9 Å². The van der Waals surface area contributed by atoms with Gasteiger partial charge in [0.1, 0.15) is 0 Å². The van der Waals surface area contributed by atoms with E-state index in [1.165, 1.54) is 4.90 Å².